The van der Waals surface area contributed by atoms with Crippen molar-refractivity contribution in [3.8, 4) is 0 Å². The van der Waals surface area contributed by atoms with Crippen molar-refractivity contribution in [1.29, 1.82) is 0 Å². The molecule has 4 N–H and O–H groups in total. The van der Waals surface area contributed by atoms with Crippen molar-refractivity contribution in [1.82, 2.24) is 5.32 Å². The van der Waals surface area contributed by atoms with E-state index in [2.05, 4.69) is 19.2 Å². The van der Waals surface area contributed by atoms with Crippen LogP contribution in [0.3, 0.4) is 0 Å². The second kappa shape index (κ2) is 6.73. The maximum atomic E-state index is 12.8. The summed E-state index contributed by atoms with van der Waals surface area (Å²) in [7, 11) is 0. The van der Waals surface area contributed by atoms with Crippen molar-refractivity contribution in [3.63, 3.8) is 0 Å². The normalized spacial score (nSPS) is 37.3. The van der Waals surface area contributed by atoms with E-state index < -0.39 is 31.0 Å². The molecule has 0 spiro atoms. The molecule has 1 fully saturated rings. The highest BCUT2D eigenvalue weighted by molar-refractivity contribution is 5.21. The van der Waals surface area contributed by atoms with Crippen molar-refractivity contribution >= 4 is 0 Å². The van der Waals surface area contributed by atoms with Crippen LogP contribution in [0.5, 0.6) is 0 Å². The summed E-state index contributed by atoms with van der Waals surface area (Å²) < 4.78 is 12.8. The summed E-state index contributed by atoms with van der Waals surface area (Å²) in [4.78, 5) is 0. The summed E-state index contributed by atoms with van der Waals surface area (Å²) in [5.41, 5.74) is 0.567. The maximum Gasteiger partial charge on any atom is 0.113 e. The number of halogens is 1. The lowest BCUT2D eigenvalue weighted by atomic mass is 9.73. The first-order chi connectivity index (χ1) is 9.84. The van der Waals surface area contributed by atoms with E-state index in [4.69, 9.17) is 0 Å². The Morgan fingerprint density at radius 2 is 1.81 bits per heavy atom. The van der Waals surface area contributed by atoms with E-state index in [1.807, 2.05) is 0 Å². The van der Waals surface area contributed by atoms with Gasteiger partial charge in [-0.2, -0.15) is 0 Å². The van der Waals surface area contributed by atoms with E-state index in [9.17, 15) is 19.7 Å². The molecule has 1 saturated carbocycles. The minimum Gasteiger partial charge on any atom is -0.388 e. The van der Waals surface area contributed by atoms with Crippen LogP contribution in [0.25, 0.3) is 0 Å². The monoisotopic (exact) mass is 301 g/mol. The molecule has 0 aliphatic heterocycles. The van der Waals surface area contributed by atoms with Crippen LogP contribution < -0.4 is 5.32 Å². The fraction of sp³-hybridized carbons (Fsp3) is 0.875. The topological polar surface area (TPSA) is 72.7 Å². The van der Waals surface area contributed by atoms with Gasteiger partial charge in [0.25, 0.3) is 0 Å². The number of nitrogens with one attached hydrogen (secondary N) is 1. The Hall–Kier alpha value is -0.490. The lowest BCUT2D eigenvalue weighted by Crippen LogP contribution is -2.54. The summed E-state index contributed by atoms with van der Waals surface area (Å²) in [5, 5.41) is 32.6. The van der Waals surface area contributed by atoms with Gasteiger partial charge >= 0.3 is 0 Å². The van der Waals surface area contributed by atoms with Gasteiger partial charge < -0.3 is 20.6 Å². The number of rotatable bonds is 4. The zero-order valence-corrected chi connectivity index (χ0v) is 12.9. The van der Waals surface area contributed by atoms with Gasteiger partial charge in [0, 0.05) is 0 Å². The molecular formula is C16H28FNO3. The van der Waals surface area contributed by atoms with Crippen molar-refractivity contribution in [3.05, 3.63) is 11.6 Å². The molecule has 0 radical (unpaired) electrons. The van der Waals surface area contributed by atoms with Crippen LogP contribution >= 0.6 is 0 Å². The molecular weight excluding hydrogens is 273 g/mol. The van der Waals surface area contributed by atoms with E-state index in [0.717, 1.165) is 19.4 Å². The molecule has 5 heteroatoms. The first-order valence-corrected chi connectivity index (χ1v) is 7.88. The van der Waals surface area contributed by atoms with Gasteiger partial charge in [0.15, 0.2) is 0 Å². The first-order valence-electron chi connectivity index (χ1n) is 7.88. The van der Waals surface area contributed by atoms with Gasteiger partial charge in [0.05, 0.1) is 6.04 Å². The average molecular weight is 301 g/mol. The highest BCUT2D eigenvalue weighted by Gasteiger charge is 2.37. The quantitative estimate of drug-likeness (QED) is 0.588. The van der Waals surface area contributed by atoms with Gasteiger partial charge in [-0.15, -0.1) is 0 Å². The molecule has 4 nitrogen and oxygen atoms in total. The minimum atomic E-state index is -1.33. The van der Waals surface area contributed by atoms with Crippen molar-refractivity contribution in [2.24, 2.45) is 11.3 Å². The zero-order chi connectivity index (χ0) is 15.6. The Morgan fingerprint density at radius 3 is 2.38 bits per heavy atom. The molecule has 122 valence electrons. The minimum absolute atomic E-state index is 0.148. The predicted molar refractivity (Wildman–Crippen MR) is 79.6 cm³/mol. The predicted octanol–water partition coefficient (Wildman–Crippen LogP) is 1.15. The third-order valence-corrected chi connectivity index (χ3v) is 5.07. The molecule has 2 rings (SSSR count). The number of hydrogen-bond donors (Lipinski definition) is 4. The van der Waals surface area contributed by atoms with Crippen LogP contribution in [-0.2, 0) is 0 Å². The highest BCUT2D eigenvalue weighted by atomic mass is 19.1. The Morgan fingerprint density at radius 1 is 1.19 bits per heavy atom. The molecule has 0 saturated heterocycles. The van der Waals surface area contributed by atoms with Gasteiger partial charge in [-0.05, 0) is 49.1 Å². The summed E-state index contributed by atoms with van der Waals surface area (Å²) in [6.07, 6.45) is 2.46. The number of alkyl halides is 1. The fourth-order valence-corrected chi connectivity index (χ4v) is 3.32. The average Bonchev–Trinajstić information content (AvgIpc) is 2.45. The Bertz CT molecular complexity index is 376. The van der Waals surface area contributed by atoms with E-state index in [-0.39, 0.29) is 5.57 Å². The van der Waals surface area contributed by atoms with Gasteiger partial charge in [0.1, 0.15) is 25.0 Å². The lowest BCUT2D eigenvalue weighted by molar-refractivity contribution is -0.0634. The van der Waals surface area contributed by atoms with Gasteiger partial charge in [-0.25, -0.2) is 4.39 Å². The zero-order valence-electron chi connectivity index (χ0n) is 12.9. The van der Waals surface area contributed by atoms with Crippen LogP contribution in [0.4, 0.5) is 4.39 Å². The molecule has 0 heterocycles. The number of aliphatic hydroxyl groups is 3. The molecule has 0 amide bonds. The van der Waals surface area contributed by atoms with Crippen molar-refractivity contribution in [2.45, 2.75) is 63.9 Å². The molecule has 4 atom stereocenters. The van der Waals surface area contributed by atoms with Gasteiger partial charge in [0.2, 0.25) is 0 Å². The Kier molecular flexibility index (Phi) is 5.41. The third-order valence-electron chi connectivity index (χ3n) is 5.07. The lowest BCUT2D eigenvalue weighted by Gasteiger charge is -2.37. The fourth-order valence-electron chi connectivity index (χ4n) is 3.32. The van der Waals surface area contributed by atoms with E-state index >= 15 is 0 Å². The molecule has 0 aromatic rings. The summed E-state index contributed by atoms with van der Waals surface area (Å²) in [6, 6.07) is -0.496. The Labute approximate surface area is 126 Å². The summed E-state index contributed by atoms with van der Waals surface area (Å²) in [6.45, 7) is 4.52. The molecule has 0 unspecified atom stereocenters. The largest absolute Gasteiger partial charge is 0.388 e. The second-order valence-corrected chi connectivity index (χ2v) is 7.34. The van der Waals surface area contributed by atoms with Crippen LogP contribution in [0.15, 0.2) is 11.6 Å². The van der Waals surface area contributed by atoms with Crippen LogP contribution in [0.1, 0.15) is 39.5 Å². The SMILES string of the molecule is CC1(C)CCC(CN[C@@H]2C=C(CF)[C@H](O)[C@H](O)[C@H]2O)CC1. The molecule has 0 aromatic heterocycles. The molecule has 0 bridgehead atoms. The Balaban J connectivity index is 1.89. The van der Waals surface area contributed by atoms with Crippen molar-refractivity contribution < 1.29 is 19.7 Å². The summed E-state index contributed by atoms with van der Waals surface area (Å²) >= 11 is 0. The highest BCUT2D eigenvalue weighted by Crippen LogP contribution is 2.37. The maximum absolute atomic E-state index is 12.8. The summed E-state index contributed by atoms with van der Waals surface area (Å²) in [5.74, 6) is 0.552. The van der Waals surface area contributed by atoms with E-state index in [1.54, 1.807) is 0 Å². The molecule has 2 aliphatic carbocycles. The third kappa shape index (κ3) is 4.03. The van der Waals surface area contributed by atoms with Crippen LogP contribution in [0.2, 0.25) is 0 Å². The molecule has 0 aromatic carbocycles. The van der Waals surface area contributed by atoms with Gasteiger partial charge in [-0.3, -0.25) is 0 Å². The van der Waals surface area contributed by atoms with E-state index in [0.29, 0.717) is 11.3 Å². The molecule has 2 aliphatic rings. The standard InChI is InChI=1S/C16H28FNO3/c1-16(2)5-3-10(4-6-16)9-18-12-7-11(8-17)13(19)15(21)14(12)20/h7,10,12-15,18-21H,3-6,8-9H2,1-2H3/t12-,13+,14+,15+/m1/s1. The molecule has 21 heavy (non-hydrogen) atoms. The van der Waals surface area contributed by atoms with Crippen molar-refractivity contribution in [2.75, 3.05) is 13.2 Å². The first kappa shape index (κ1) is 16.9. The van der Waals surface area contributed by atoms with E-state index in [1.165, 1.54) is 18.9 Å². The van der Waals surface area contributed by atoms with Crippen LogP contribution in [-0.4, -0.2) is 52.9 Å². The smallest absolute Gasteiger partial charge is 0.113 e. The number of aliphatic hydroxyl groups excluding tert-OH is 3. The van der Waals surface area contributed by atoms with Gasteiger partial charge in [-0.1, -0.05) is 19.9 Å². The van der Waals surface area contributed by atoms with Crippen LogP contribution in [0, 0.1) is 11.3 Å². The second-order valence-electron chi connectivity index (χ2n) is 7.34. The number of hydrogen-bond acceptors (Lipinski definition) is 4.